The van der Waals surface area contributed by atoms with E-state index in [4.69, 9.17) is 14.1 Å². The van der Waals surface area contributed by atoms with Gasteiger partial charge in [-0.3, -0.25) is 9.89 Å². The Balaban J connectivity index is 1.78. The van der Waals surface area contributed by atoms with Gasteiger partial charge in [0.1, 0.15) is 11.3 Å². The quantitative estimate of drug-likeness (QED) is 0.504. The highest BCUT2D eigenvalue weighted by Gasteiger charge is 2.22. The lowest BCUT2D eigenvalue weighted by Gasteiger charge is -2.04. The summed E-state index contributed by atoms with van der Waals surface area (Å²) in [6, 6.07) is 15.3. The number of rotatable bonds is 3. The largest absolute Gasteiger partial charge is 0.494 e. The minimum atomic E-state index is -0.261. The van der Waals surface area contributed by atoms with Gasteiger partial charge < -0.3 is 9.15 Å². The van der Waals surface area contributed by atoms with Gasteiger partial charge in [-0.15, -0.1) is 0 Å². The van der Waals surface area contributed by atoms with E-state index in [1.54, 1.807) is 26.2 Å². The maximum absolute atomic E-state index is 13.3. The number of aromatic nitrogens is 4. The van der Waals surface area contributed by atoms with Crippen LogP contribution in [0.2, 0.25) is 0 Å². The molecular formula is C22H18N4O3. The summed E-state index contributed by atoms with van der Waals surface area (Å²) in [5.41, 5.74) is 5.07. The molecule has 5 rings (SSSR count). The van der Waals surface area contributed by atoms with Crippen molar-refractivity contribution >= 4 is 16.7 Å². The first-order valence-corrected chi connectivity index (χ1v) is 9.19. The molecule has 0 aliphatic heterocycles. The van der Waals surface area contributed by atoms with E-state index < -0.39 is 0 Å². The summed E-state index contributed by atoms with van der Waals surface area (Å²) in [6.45, 7) is 3.72. The van der Waals surface area contributed by atoms with Crippen molar-refractivity contribution in [2.24, 2.45) is 0 Å². The molecule has 0 saturated heterocycles. The highest BCUT2D eigenvalue weighted by atomic mass is 16.5. The number of fused-ring (bicyclic) bond motifs is 2. The van der Waals surface area contributed by atoms with Crippen LogP contribution >= 0.6 is 0 Å². The summed E-state index contributed by atoms with van der Waals surface area (Å²) in [6.07, 6.45) is 0. The fraction of sp³-hybridized carbons (Fsp3) is 0.136. The van der Waals surface area contributed by atoms with Gasteiger partial charge in [-0.05, 0) is 31.5 Å². The van der Waals surface area contributed by atoms with Gasteiger partial charge >= 0.3 is 0 Å². The van der Waals surface area contributed by atoms with Crippen LogP contribution in [0.15, 0.2) is 57.7 Å². The molecule has 3 aromatic heterocycles. The fourth-order valence-electron chi connectivity index (χ4n) is 3.68. The molecule has 0 aliphatic carbocycles. The first kappa shape index (κ1) is 17.2. The van der Waals surface area contributed by atoms with Crippen molar-refractivity contribution in [3.05, 3.63) is 70.3 Å². The Labute approximate surface area is 165 Å². The highest BCUT2D eigenvalue weighted by Crippen LogP contribution is 2.31. The van der Waals surface area contributed by atoms with Crippen LogP contribution in [0.3, 0.4) is 0 Å². The molecule has 29 heavy (non-hydrogen) atoms. The Kier molecular flexibility index (Phi) is 3.77. The Morgan fingerprint density at radius 2 is 1.79 bits per heavy atom. The first-order valence-electron chi connectivity index (χ1n) is 9.19. The summed E-state index contributed by atoms with van der Waals surface area (Å²) in [5, 5.41) is 3.14. The van der Waals surface area contributed by atoms with Gasteiger partial charge in [0.25, 0.3) is 5.56 Å². The predicted molar refractivity (Wildman–Crippen MR) is 110 cm³/mol. The second-order valence-corrected chi connectivity index (χ2v) is 6.84. The number of aryl methyl sites for hydroxylation is 2. The molecule has 0 amide bonds. The van der Waals surface area contributed by atoms with Crippen LogP contribution in [-0.2, 0) is 0 Å². The number of oxazole rings is 1. The van der Waals surface area contributed by atoms with E-state index in [2.05, 4.69) is 10.1 Å². The Bertz CT molecular complexity index is 1430. The topological polar surface area (TPSA) is 85.4 Å². The number of para-hydroxylation sites is 1. The van der Waals surface area contributed by atoms with Gasteiger partial charge in [0.15, 0.2) is 16.7 Å². The number of nitrogens with one attached hydrogen (secondary N) is 1. The van der Waals surface area contributed by atoms with Crippen LogP contribution in [-0.4, -0.2) is 26.7 Å². The Morgan fingerprint density at radius 1 is 1.00 bits per heavy atom. The molecule has 0 saturated carbocycles. The van der Waals surface area contributed by atoms with Crippen LogP contribution in [0, 0.1) is 13.8 Å². The third-order valence-electron chi connectivity index (χ3n) is 5.02. The van der Waals surface area contributed by atoms with Gasteiger partial charge in [0.05, 0.1) is 12.8 Å². The van der Waals surface area contributed by atoms with Crippen molar-refractivity contribution in [3.63, 3.8) is 0 Å². The molecule has 2 aromatic carbocycles. The third kappa shape index (κ3) is 2.55. The van der Waals surface area contributed by atoms with Crippen molar-refractivity contribution in [3.8, 4) is 28.3 Å². The second-order valence-electron chi connectivity index (χ2n) is 6.84. The molecule has 7 heteroatoms. The van der Waals surface area contributed by atoms with Crippen LogP contribution in [0.5, 0.6) is 5.75 Å². The average Bonchev–Trinajstić information content (AvgIpc) is 3.29. The van der Waals surface area contributed by atoms with Crippen molar-refractivity contribution in [2.45, 2.75) is 13.8 Å². The minimum absolute atomic E-state index is 0.224. The molecule has 144 valence electrons. The van der Waals surface area contributed by atoms with Gasteiger partial charge in [-0.25, -0.2) is 14.5 Å². The van der Waals surface area contributed by atoms with Gasteiger partial charge in [-0.1, -0.05) is 36.4 Å². The second kappa shape index (κ2) is 6.34. The zero-order valence-corrected chi connectivity index (χ0v) is 16.2. The Hall–Kier alpha value is -3.87. The molecule has 0 radical (unpaired) electrons. The summed E-state index contributed by atoms with van der Waals surface area (Å²) in [7, 11) is 1.57. The van der Waals surface area contributed by atoms with Crippen LogP contribution in [0.25, 0.3) is 39.3 Å². The lowest BCUT2D eigenvalue weighted by atomic mass is 10.1. The first-order chi connectivity index (χ1) is 14.1. The minimum Gasteiger partial charge on any atom is -0.494 e. The third-order valence-corrected chi connectivity index (χ3v) is 5.02. The van der Waals surface area contributed by atoms with Crippen LogP contribution in [0.4, 0.5) is 0 Å². The predicted octanol–water partition coefficient (Wildman–Crippen LogP) is 4.12. The summed E-state index contributed by atoms with van der Waals surface area (Å²) in [5.74, 6) is 0.814. The van der Waals surface area contributed by atoms with Gasteiger partial charge in [0, 0.05) is 11.3 Å². The molecule has 3 heterocycles. The van der Waals surface area contributed by atoms with Gasteiger partial charge in [0.2, 0.25) is 5.89 Å². The lowest BCUT2D eigenvalue weighted by molar-refractivity contribution is 0.419. The zero-order chi connectivity index (χ0) is 20.1. The molecule has 0 fully saturated rings. The number of ether oxygens (including phenoxy) is 1. The molecule has 0 spiro atoms. The van der Waals surface area contributed by atoms with Crippen molar-refractivity contribution < 1.29 is 9.15 Å². The SMILES string of the molecule is COc1cccc2oc(-c3c(C)nc4c(-c5ccccc5)c(C)[nH]n4c3=O)nc12. The van der Waals surface area contributed by atoms with Crippen molar-refractivity contribution in [2.75, 3.05) is 7.11 Å². The smallest absolute Gasteiger partial charge is 0.285 e. The molecule has 0 unspecified atom stereocenters. The summed E-state index contributed by atoms with van der Waals surface area (Å²) >= 11 is 0. The molecule has 7 nitrogen and oxygen atoms in total. The van der Waals surface area contributed by atoms with E-state index in [1.807, 2.05) is 43.3 Å². The average molecular weight is 386 g/mol. The maximum Gasteiger partial charge on any atom is 0.285 e. The highest BCUT2D eigenvalue weighted by molar-refractivity contribution is 5.83. The van der Waals surface area contributed by atoms with E-state index >= 15 is 0 Å². The molecule has 5 aromatic rings. The molecule has 0 aliphatic rings. The molecule has 1 N–H and O–H groups in total. The number of aromatic amines is 1. The van der Waals surface area contributed by atoms with Crippen molar-refractivity contribution in [1.82, 2.24) is 19.6 Å². The number of nitrogens with zero attached hydrogens (tertiary/aromatic N) is 3. The van der Waals surface area contributed by atoms with E-state index in [-0.39, 0.29) is 11.4 Å². The van der Waals surface area contributed by atoms with E-state index in [1.165, 1.54) is 4.52 Å². The number of benzene rings is 2. The van der Waals surface area contributed by atoms with Gasteiger partial charge in [-0.2, -0.15) is 0 Å². The maximum atomic E-state index is 13.3. The monoisotopic (exact) mass is 386 g/mol. The van der Waals surface area contributed by atoms with Crippen molar-refractivity contribution in [1.29, 1.82) is 0 Å². The number of methoxy groups -OCH3 is 1. The Morgan fingerprint density at radius 3 is 2.55 bits per heavy atom. The van der Waals surface area contributed by atoms with Crippen LogP contribution in [0.1, 0.15) is 11.4 Å². The normalized spacial score (nSPS) is 11.4. The number of hydrogen-bond acceptors (Lipinski definition) is 5. The molecule has 0 atom stereocenters. The number of H-pyrrole nitrogens is 1. The van der Waals surface area contributed by atoms with E-state index in [9.17, 15) is 4.79 Å². The molecular weight excluding hydrogens is 368 g/mol. The zero-order valence-electron chi connectivity index (χ0n) is 16.2. The van der Waals surface area contributed by atoms with Crippen LogP contribution < -0.4 is 10.3 Å². The van der Waals surface area contributed by atoms with E-state index in [0.717, 1.165) is 16.8 Å². The lowest BCUT2D eigenvalue weighted by Crippen LogP contribution is -2.19. The summed E-state index contributed by atoms with van der Waals surface area (Å²) < 4.78 is 12.7. The standard InChI is InChI=1S/C22H18N4O3/c1-12-18(21-24-19-15(28-3)10-7-11-16(19)29-21)22(27)26-20(23-12)17(13(2)25-26)14-8-5-4-6-9-14/h4-11,25H,1-3H3. The fourth-order valence-corrected chi connectivity index (χ4v) is 3.68. The number of hydrogen-bond donors (Lipinski definition) is 1. The van der Waals surface area contributed by atoms with E-state index in [0.29, 0.717) is 33.8 Å². The molecule has 0 bridgehead atoms. The summed E-state index contributed by atoms with van der Waals surface area (Å²) in [4.78, 5) is 22.6.